The third kappa shape index (κ3) is 4.94. The van der Waals surface area contributed by atoms with Crippen molar-refractivity contribution in [1.82, 2.24) is 0 Å². The Bertz CT molecular complexity index is 783. The van der Waals surface area contributed by atoms with E-state index in [1.807, 2.05) is 6.07 Å². The van der Waals surface area contributed by atoms with Gasteiger partial charge in [-0.2, -0.15) is 0 Å². The van der Waals surface area contributed by atoms with Crippen LogP contribution in [0.5, 0.6) is 0 Å². The molecule has 4 N–H and O–H groups in total. The summed E-state index contributed by atoms with van der Waals surface area (Å²) in [6, 6.07) is 10.4. The molecule has 0 aliphatic rings. The van der Waals surface area contributed by atoms with Crippen LogP contribution in [-0.2, 0) is 17.6 Å². The van der Waals surface area contributed by atoms with E-state index in [4.69, 9.17) is 10.5 Å². The molecule has 5 heteroatoms. The predicted molar refractivity (Wildman–Crippen MR) is 114 cm³/mol. The lowest BCUT2D eigenvalue weighted by molar-refractivity contribution is 0.168. The number of ether oxygens (including phenoxy) is 1. The summed E-state index contributed by atoms with van der Waals surface area (Å²) in [5.74, 6) is 0.500. The second kappa shape index (κ2) is 9.31. The van der Waals surface area contributed by atoms with Gasteiger partial charge in [0.25, 0.3) is 0 Å². The van der Waals surface area contributed by atoms with Gasteiger partial charge in [0.2, 0.25) is 0 Å². The van der Waals surface area contributed by atoms with Crippen molar-refractivity contribution >= 4 is 28.8 Å². The second-order valence-corrected chi connectivity index (χ2v) is 6.80. The van der Waals surface area contributed by atoms with Crippen molar-refractivity contribution in [2.45, 2.75) is 53.4 Å². The molecule has 0 fully saturated rings. The molecule has 0 unspecified atom stereocenters. The standard InChI is InChI=1S/C22H31N3O2/c1-6-15-13-19(25-22(26)27-8-3)20(23)18(7-2)21(15)24-17-11-9-16(10-12-17)14(4)5/h9-14,24H,6-8,23H2,1-5H3,(H,25,26). The Morgan fingerprint density at radius 3 is 2.30 bits per heavy atom. The second-order valence-electron chi connectivity index (χ2n) is 6.80. The number of rotatable bonds is 7. The van der Waals surface area contributed by atoms with Crippen LogP contribution in [0.2, 0.25) is 0 Å². The molecular formula is C22H31N3O2. The molecular weight excluding hydrogens is 338 g/mol. The Morgan fingerprint density at radius 2 is 1.78 bits per heavy atom. The van der Waals surface area contributed by atoms with Gasteiger partial charge in [-0.1, -0.05) is 39.8 Å². The van der Waals surface area contributed by atoms with Crippen LogP contribution in [0.15, 0.2) is 30.3 Å². The first-order valence-electron chi connectivity index (χ1n) is 9.66. The van der Waals surface area contributed by atoms with Gasteiger partial charge < -0.3 is 15.8 Å². The fourth-order valence-electron chi connectivity index (χ4n) is 3.09. The van der Waals surface area contributed by atoms with Gasteiger partial charge in [-0.15, -0.1) is 0 Å². The number of hydrogen-bond donors (Lipinski definition) is 3. The summed E-state index contributed by atoms with van der Waals surface area (Å²) in [6.07, 6.45) is 1.08. The molecule has 0 aliphatic heterocycles. The smallest absolute Gasteiger partial charge is 0.411 e. The highest BCUT2D eigenvalue weighted by molar-refractivity contribution is 5.92. The Kier molecular flexibility index (Phi) is 7.11. The van der Waals surface area contributed by atoms with Crippen LogP contribution in [-0.4, -0.2) is 12.7 Å². The number of nitrogens with one attached hydrogen (secondary N) is 2. The quantitative estimate of drug-likeness (QED) is 0.537. The van der Waals surface area contributed by atoms with Gasteiger partial charge in [0.15, 0.2) is 0 Å². The van der Waals surface area contributed by atoms with Gasteiger partial charge in [0, 0.05) is 16.9 Å². The van der Waals surface area contributed by atoms with E-state index in [0.717, 1.165) is 35.3 Å². The fraction of sp³-hybridized carbons (Fsp3) is 0.409. The molecule has 0 aromatic heterocycles. The maximum atomic E-state index is 11.8. The summed E-state index contributed by atoms with van der Waals surface area (Å²) in [5, 5.41) is 6.29. The van der Waals surface area contributed by atoms with E-state index in [1.54, 1.807) is 6.92 Å². The summed E-state index contributed by atoms with van der Waals surface area (Å²) in [7, 11) is 0. The van der Waals surface area contributed by atoms with Crippen LogP contribution >= 0.6 is 0 Å². The minimum atomic E-state index is -0.488. The van der Waals surface area contributed by atoms with E-state index in [9.17, 15) is 4.79 Å². The Balaban J connectivity index is 2.40. The van der Waals surface area contributed by atoms with E-state index < -0.39 is 6.09 Å². The van der Waals surface area contributed by atoms with Gasteiger partial charge in [-0.05, 0) is 55.0 Å². The highest BCUT2D eigenvalue weighted by Crippen LogP contribution is 2.36. The van der Waals surface area contributed by atoms with Gasteiger partial charge in [-0.3, -0.25) is 5.32 Å². The summed E-state index contributed by atoms with van der Waals surface area (Å²) in [6.45, 7) is 10.6. The van der Waals surface area contributed by atoms with Crippen LogP contribution in [0.4, 0.5) is 27.5 Å². The molecule has 0 saturated heterocycles. The summed E-state index contributed by atoms with van der Waals surface area (Å²) in [4.78, 5) is 11.8. The number of nitrogen functional groups attached to an aromatic ring is 1. The van der Waals surface area contributed by atoms with Crippen molar-refractivity contribution in [2.24, 2.45) is 0 Å². The van der Waals surface area contributed by atoms with Gasteiger partial charge >= 0.3 is 6.09 Å². The average molecular weight is 370 g/mol. The van der Waals surface area contributed by atoms with Crippen LogP contribution in [0.1, 0.15) is 57.2 Å². The van der Waals surface area contributed by atoms with E-state index >= 15 is 0 Å². The zero-order valence-corrected chi connectivity index (χ0v) is 17.0. The van der Waals surface area contributed by atoms with E-state index in [0.29, 0.717) is 23.9 Å². The molecule has 27 heavy (non-hydrogen) atoms. The summed E-state index contributed by atoms with van der Waals surface area (Å²) in [5.41, 5.74) is 13.0. The molecule has 2 rings (SSSR count). The van der Waals surface area contributed by atoms with Crippen molar-refractivity contribution < 1.29 is 9.53 Å². The predicted octanol–water partition coefficient (Wildman–Crippen LogP) is 5.83. The number of benzene rings is 2. The van der Waals surface area contributed by atoms with Crippen LogP contribution in [0, 0.1) is 0 Å². The molecule has 0 bridgehead atoms. The highest BCUT2D eigenvalue weighted by Gasteiger charge is 2.16. The van der Waals surface area contributed by atoms with E-state index in [2.05, 4.69) is 62.6 Å². The lowest BCUT2D eigenvalue weighted by atomic mass is 9.98. The molecule has 1 amide bonds. The number of amides is 1. The molecule has 5 nitrogen and oxygen atoms in total. The van der Waals surface area contributed by atoms with E-state index in [1.165, 1.54) is 5.56 Å². The van der Waals surface area contributed by atoms with Crippen molar-refractivity contribution in [3.05, 3.63) is 47.0 Å². The van der Waals surface area contributed by atoms with Crippen molar-refractivity contribution in [3.8, 4) is 0 Å². The van der Waals surface area contributed by atoms with Crippen molar-refractivity contribution in [2.75, 3.05) is 23.0 Å². The lowest BCUT2D eigenvalue weighted by Crippen LogP contribution is -2.16. The molecule has 0 saturated carbocycles. The molecule has 2 aromatic carbocycles. The lowest BCUT2D eigenvalue weighted by Gasteiger charge is -2.21. The molecule has 2 aromatic rings. The van der Waals surface area contributed by atoms with Gasteiger partial charge in [0.05, 0.1) is 18.0 Å². The Labute approximate surface area is 162 Å². The zero-order valence-electron chi connectivity index (χ0n) is 17.0. The Morgan fingerprint density at radius 1 is 1.11 bits per heavy atom. The van der Waals surface area contributed by atoms with Crippen LogP contribution in [0.3, 0.4) is 0 Å². The summed E-state index contributed by atoms with van der Waals surface area (Å²) >= 11 is 0. The minimum absolute atomic E-state index is 0.318. The highest BCUT2D eigenvalue weighted by atomic mass is 16.5. The van der Waals surface area contributed by atoms with Crippen LogP contribution < -0.4 is 16.4 Å². The van der Waals surface area contributed by atoms with Crippen LogP contribution in [0.25, 0.3) is 0 Å². The molecule has 0 aliphatic carbocycles. The monoisotopic (exact) mass is 369 g/mol. The number of carbonyl (C=O) groups excluding carboxylic acids is 1. The van der Waals surface area contributed by atoms with Crippen molar-refractivity contribution in [1.29, 1.82) is 0 Å². The maximum absolute atomic E-state index is 11.8. The summed E-state index contributed by atoms with van der Waals surface area (Å²) < 4.78 is 4.98. The van der Waals surface area contributed by atoms with Gasteiger partial charge in [-0.25, -0.2) is 4.79 Å². The number of aryl methyl sites for hydroxylation is 1. The zero-order chi connectivity index (χ0) is 20.0. The normalized spacial score (nSPS) is 10.7. The Hall–Kier alpha value is -2.69. The first-order valence-corrected chi connectivity index (χ1v) is 9.66. The largest absolute Gasteiger partial charge is 0.450 e. The number of hydrogen-bond acceptors (Lipinski definition) is 4. The first-order chi connectivity index (χ1) is 12.9. The van der Waals surface area contributed by atoms with Crippen molar-refractivity contribution in [3.63, 3.8) is 0 Å². The molecule has 0 spiro atoms. The maximum Gasteiger partial charge on any atom is 0.411 e. The number of carbonyl (C=O) groups is 1. The SMILES string of the molecule is CCOC(=O)Nc1cc(CC)c(Nc2ccc(C(C)C)cc2)c(CC)c1N. The molecule has 146 valence electrons. The van der Waals surface area contributed by atoms with E-state index in [-0.39, 0.29) is 0 Å². The average Bonchev–Trinajstić information content (AvgIpc) is 2.64. The number of anilines is 4. The molecule has 0 radical (unpaired) electrons. The molecule has 0 heterocycles. The topological polar surface area (TPSA) is 76.4 Å². The first kappa shape index (κ1) is 20.6. The van der Waals surface area contributed by atoms with Gasteiger partial charge in [0.1, 0.15) is 0 Å². The minimum Gasteiger partial charge on any atom is -0.450 e. The fourth-order valence-corrected chi connectivity index (χ4v) is 3.09. The molecule has 0 atom stereocenters. The third-order valence-electron chi connectivity index (χ3n) is 4.65. The number of nitrogens with two attached hydrogens (primary N) is 1. The third-order valence-corrected chi connectivity index (χ3v) is 4.65.